The van der Waals surface area contributed by atoms with E-state index in [1.807, 2.05) is 109 Å². The molecule has 0 spiro atoms. The van der Waals surface area contributed by atoms with Gasteiger partial charge in [0.1, 0.15) is 17.2 Å². The number of rotatable bonds is 10. The SMILES string of the molecule is O=C1CCC(=N/O[Si](c2ccccc2)(c2ccccc2)c2ccccc2)/C(=N/O[Si](c2ccccc2)(c2ccccc2)c2ccccc2)C1. The van der Waals surface area contributed by atoms with Crippen LogP contribution in [0.2, 0.25) is 0 Å². The summed E-state index contributed by atoms with van der Waals surface area (Å²) in [6.45, 7) is 0. The Morgan fingerprint density at radius 1 is 0.367 bits per heavy atom. The van der Waals surface area contributed by atoms with Crippen LogP contribution < -0.4 is 31.1 Å². The largest absolute Gasteiger partial charge is 0.438 e. The van der Waals surface area contributed by atoms with Crippen molar-refractivity contribution in [2.24, 2.45) is 10.3 Å². The maximum absolute atomic E-state index is 13.0. The minimum Gasteiger partial charge on any atom is -0.438 e. The Hall–Kier alpha value is -5.64. The molecule has 0 N–H and O–H groups in total. The van der Waals surface area contributed by atoms with Crippen molar-refractivity contribution in [1.82, 2.24) is 0 Å². The minimum absolute atomic E-state index is 0.102. The van der Waals surface area contributed by atoms with Gasteiger partial charge in [-0.1, -0.05) is 182 Å². The Kier molecular flexibility index (Phi) is 9.54. The Bertz CT molecular complexity index is 1850. The zero-order valence-electron chi connectivity index (χ0n) is 27.1. The molecule has 1 saturated carbocycles. The van der Waals surface area contributed by atoms with Crippen molar-refractivity contribution < 1.29 is 13.8 Å². The van der Waals surface area contributed by atoms with Crippen LogP contribution in [0.25, 0.3) is 0 Å². The highest BCUT2D eigenvalue weighted by Crippen LogP contribution is 2.17. The molecule has 0 atom stereocenters. The van der Waals surface area contributed by atoms with Crippen LogP contribution in [0.1, 0.15) is 19.3 Å². The Balaban J connectivity index is 1.37. The monoisotopic (exact) mass is 672 g/mol. The van der Waals surface area contributed by atoms with E-state index in [2.05, 4.69) is 72.8 Å². The van der Waals surface area contributed by atoms with Gasteiger partial charge in [0.2, 0.25) is 0 Å². The van der Waals surface area contributed by atoms with Gasteiger partial charge in [-0.15, -0.1) is 10.3 Å². The fourth-order valence-electron chi connectivity index (χ4n) is 6.56. The van der Waals surface area contributed by atoms with Crippen molar-refractivity contribution in [2.45, 2.75) is 19.3 Å². The number of carbonyl (C=O) groups excluding carboxylic acids is 1. The molecule has 7 heteroatoms. The number of nitrogens with zero attached hydrogens (tertiary/aromatic N) is 2. The van der Waals surface area contributed by atoms with Crippen molar-refractivity contribution >= 4 is 65.0 Å². The van der Waals surface area contributed by atoms with Crippen LogP contribution in [0.15, 0.2) is 192 Å². The van der Waals surface area contributed by atoms with Gasteiger partial charge in [-0.3, -0.25) is 4.79 Å². The van der Waals surface area contributed by atoms with Crippen LogP contribution in [0.4, 0.5) is 0 Å². The van der Waals surface area contributed by atoms with Crippen LogP contribution in [-0.4, -0.2) is 33.8 Å². The van der Waals surface area contributed by atoms with Gasteiger partial charge in [-0.25, -0.2) is 0 Å². The molecule has 6 aromatic carbocycles. The zero-order chi connectivity index (χ0) is 33.4. The highest BCUT2D eigenvalue weighted by molar-refractivity contribution is 7.07. The van der Waals surface area contributed by atoms with Crippen LogP contribution in [0, 0.1) is 0 Å². The lowest BCUT2D eigenvalue weighted by atomic mass is 9.95. The van der Waals surface area contributed by atoms with Gasteiger partial charge in [-0.2, -0.15) is 0 Å². The second-order valence-electron chi connectivity index (χ2n) is 12.0. The van der Waals surface area contributed by atoms with E-state index in [0.29, 0.717) is 24.3 Å². The smallest absolute Gasteiger partial charge is 0.380 e. The number of carbonyl (C=O) groups is 1. The summed E-state index contributed by atoms with van der Waals surface area (Å²) < 4.78 is 13.9. The second-order valence-corrected chi connectivity index (χ2v) is 18.6. The summed E-state index contributed by atoms with van der Waals surface area (Å²) in [6, 6.07) is 61.9. The lowest BCUT2D eigenvalue weighted by Crippen LogP contribution is -2.69. The molecule has 0 heterocycles. The molecule has 0 saturated heterocycles. The van der Waals surface area contributed by atoms with Gasteiger partial charge >= 0.3 is 16.6 Å². The number of hydrogen-bond acceptors (Lipinski definition) is 5. The summed E-state index contributed by atoms with van der Waals surface area (Å²) in [4.78, 5) is 13.0. The number of oxime groups is 2. The maximum Gasteiger partial charge on any atom is 0.380 e. The second kappa shape index (κ2) is 14.6. The highest BCUT2D eigenvalue weighted by Gasteiger charge is 2.46. The first-order valence-electron chi connectivity index (χ1n) is 16.6. The third-order valence-electron chi connectivity index (χ3n) is 9.01. The molecule has 5 nitrogen and oxygen atoms in total. The molecule has 0 unspecified atom stereocenters. The van der Waals surface area contributed by atoms with Gasteiger partial charge in [-0.05, 0) is 31.1 Å². The van der Waals surface area contributed by atoms with Crippen molar-refractivity contribution in [2.75, 3.05) is 0 Å². The third kappa shape index (κ3) is 6.46. The Morgan fingerprint density at radius 3 is 0.918 bits per heavy atom. The first-order chi connectivity index (χ1) is 24.2. The van der Waals surface area contributed by atoms with Crippen LogP contribution in [0.3, 0.4) is 0 Å². The van der Waals surface area contributed by atoms with Crippen molar-refractivity contribution in [3.05, 3.63) is 182 Å². The third-order valence-corrected chi connectivity index (χ3v) is 16.6. The fraction of sp³-hybridized carbons (Fsp3) is 0.0714. The summed E-state index contributed by atoms with van der Waals surface area (Å²) in [6.07, 6.45) is 0.915. The molecule has 1 fully saturated rings. The average molecular weight is 673 g/mol. The molecular formula is C42H36N2O3Si2. The van der Waals surface area contributed by atoms with E-state index in [0.717, 1.165) is 31.1 Å². The molecule has 240 valence electrons. The van der Waals surface area contributed by atoms with Gasteiger partial charge in [0.15, 0.2) is 0 Å². The predicted molar refractivity (Wildman–Crippen MR) is 204 cm³/mol. The zero-order valence-corrected chi connectivity index (χ0v) is 29.1. The summed E-state index contributed by atoms with van der Waals surface area (Å²) in [5.74, 6) is 0.102. The summed E-state index contributed by atoms with van der Waals surface area (Å²) in [7, 11) is -6.29. The number of Topliss-reactive ketones (excluding diaryl/α,β-unsaturated/α-hetero) is 1. The first-order valence-corrected chi connectivity index (χ1v) is 20.4. The van der Waals surface area contributed by atoms with Crippen LogP contribution >= 0.6 is 0 Å². The summed E-state index contributed by atoms with van der Waals surface area (Å²) >= 11 is 0. The molecule has 6 aromatic rings. The van der Waals surface area contributed by atoms with Crippen LogP contribution in [-0.2, 0) is 13.8 Å². The van der Waals surface area contributed by atoms with Gasteiger partial charge in [0, 0.05) is 12.8 Å². The lowest BCUT2D eigenvalue weighted by Gasteiger charge is -2.31. The molecule has 1 aliphatic carbocycles. The molecule has 0 bridgehead atoms. The van der Waals surface area contributed by atoms with E-state index in [1.165, 1.54) is 0 Å². The van der Waals surface area contributed by atoms with Crippen LogP contribution in [0.5, 0.6) is 0 Å². The normalized spacial score (nSPS) is 15.2. The maximum atomic E-state index is 13.0. The van der Waals surface area contributed by atoms with Gasteiger partial charge in [0.05, 0.1) is 6.42 Å². The lowest BCUT2D eigenvalue weighted by molar-refractivity contribution is -0.117. The van der Waals surface area contributed by atoms with E-state index < -0.39 is 16.6 Å². The molecular weight excluding hydrogens is 637 g/mol. The standard InChI is InChI=1S/C42H36N2O3Si2/c45-34-31-32-41(43-46-48(35-19-7-1-8-20-35,36-21-9-2-10-22-36)37-23-11-3-12-24-37)42(33-34)44-47-49(38-25-13-4-14-26-38,39-27-15-5-16-28-39)40-29-17-6-18-30-40/h1-30H,31-33H2/b43-41-,44-42+. The molecule has 49 heavy (non-hydrogen) atoms. The Labute approximate surface area is 289 Å². The highest BCUT2D eigenvalue weighted by atomic mass is 28.4. The van der Waals surface area contributed by atoms with Gasteiger partial charge < -0.3 is 9.05 Å². The van der Waals surface area contributed by atoms with Crippen molar-refractivity contribution in [3.63, 3.8) is 0 Å². The fourth-order valence-corrected chi connectivity index (χ4v) is 13.7. The Morgan fingerprint density at radius 2 is 0.633 bits per heavy atom. The topological polar surface area (TPSA) is 60.2 Å². The van der Waals surface area contributed by atoms with Crippen molar-refractivity contribution in [1.29, 1.82) is 0 Å². The predicted octanol–water partition coefficient (Wildman–Crippen LogP) is 4.82. The average Bonchev–Trinajstić information content (AvgIpc) is 3.18. The van der Waals surface area contributed by atoms with E-state index in [1.54, 1.807) is 0 Å². The molecule has 0 aliphatic heterocycles. The van der Waals surface area contributed by atoms with Gasteiger partial charge in [0.25, 0.3) is 0 Å². The van der Waals surface area contributed by atoms with E-state index in [4.69, 9.17) is 19.4 Å². The molecule has 0 radical (unpaired) electrons. The summed E-state index contributed by atoms with van der Waals surface area (Å²) in [5, 5.41) is 16.2. The van der Waals surface area contributed by atoms with E-state index in [-0.39, 0.29) is 12.2 Å². The number of ketones is 1. The molecule has 0 aromatic heterocycles. The molecule has 0 amide bonds. The quantitative estimate of drug-likeness (QED) is 0.119. The minimum atomic E-state index is -3.16. The summed E-state index contributed by atoms with van der Waals surface area (Å²) in [5.41, 5.74) is 1.14. The van der Waals surface area contributed by atoms with E-state index >= 15 is 0 Å². The first kappa shape index (κ1) is 31.9. The van der Waals surface area contributed by atoms with E-state index in [9.17, 15) is 4.79 Å². The molecule has 7 rings (SSSR count). The van der Waals surface area contributed by atoms with Crippen molar-refractivity contribution in [3.8, 4) is 0 Å². The number of hydrogen-bond donors (Lipinski definition) is 0. The number of benzene rings is 6. The molecule has 1 aliphatic rings.